The highest BCUT2D eigenvalue weighted by Crippen LogP contribution is 2.06. The maximum atomic E-state index is 12.5. The highest BCUT2D eigenvalue weighted by Gasteiger charge is 2.23. The summed E-state index contributed by atoms with van der Waals surface area (Å²) in [5.41, 5.74) is 0.657. The van der Waals surface area contributed by atoms with Crippen molar-refractivity contribution in [2.75, 3.05) is 6.54 Å². The third-order valence-electron chi connectivity index (χ3n) is 4.39. The van der Waals surface area contributed by atoms with Crippen molar-refractivity contribution < 1.29 is 19.8 Å². The number of benzene rings is 1. The molecule has 2 unspecified atom stereocenters. The summed E-state index contributed by atoms with van der Waals surface area (Å²) in [6.45, 7) is 2.24. The van der Waals surface area contributed by atoms with Crippen LogP contribution in [0.5, 0.6) is 0 Å². The van der Waals surface area contributed by atoms with Crippen molar-refractivity contribution in [3.8, 4) is 0 Å². The second-order valence-corrected chi connectivity index (χ2v) is 6.47. The molecule has 146 valence electrons. The SMILES string of the molecule is CCCC(CNC(Cn1ccn(Cc2ccccc2)c1=O)C(=O)O)C(=O)O. The number of carbonyl (C=O) groups is 2. The van der Waals surface area contributed by atoms with E-state index in [1.807, 2.05) is 37.3 Å². The molecule has 0 amide bonds. The van der Waals surface area contributed by atoms with Crippen molar-refractivity contribution in [1.29, 1.82) is 0 Å². The molecule has 0 radical (unpaired) electrons. The Labute approximate surface area is 157 Å². The van der Waals surface area contributed by atoms with Crippen molar-refractivity contribution in [3.63, 3.8) is 0 Å². The predicted octanol–water partition coefficient (Wildman–Crippen LogP) is 1.24. The largest absolute Gasteiger partial charge is 0.481 e. The second kappa shape index (κ2) is 9.72. The molecule has 2 atom stereocenters. The van der Waals surface area contributed by atoms with Crippen LogP contribution in [0.25, 0.3) is 0 Å². The van der Waals surface area contributed by atoms with Gasteiger partial charge in [-0.1, -0.05) is 43.7 Å². The molecule has 0 saturated carbocycles. The van der Waals surface area contributed by atoms with E-state index in [9.17, 15) is 24.6 Å². The van der Waals surface area contributed by atoms with Gasteiger partial charge in [-0.05, 0) is 12.0 Å². The lowest BCUT2D eigenvalue weighted by Crippen LogP contribution is -2.45. The van der Waals surface area contributed by atoms with Crippen LogP contribution in [0.15, 0.2) is 47.5 Å². The number of aliphatic carboxylic acids is 2. The van der Waals surface area contributed by atoms with Crippen LogP contribution in [0.2, 0.25) is 0 Å². The second-order valence-electron chi connectivity index (χ2n) is 6.47. The van der Waals surface area contributed by atoms with Crippen molar-refractivity contribution >= 4 is 11.9 Å². The van der Waals surface area contributed by atoms with Gasteiger partial charge < -0.3 is 15.5 Å². The Morgan fingerprint density at radius 1 is 1.07 bits per heavy atom. The van der Waals surface area contributed by atoms with Crippen LogP contribution in [-0.2, 0) is 22.7 Å². The quantitative estimate of drug-likeness (QED) is 0.545. The van der Waals surface area contributed by atoms with Gasteiger partial charge in [-0.2, -0.15) is 0 Å². The van der Waals surface area contributed by atoms with Crippen molar-refractivity contribution in [3.05, 3.63) is 58.8 Å². The molecule has 8 heteroatoms. The van der Waals surface area contributed by atoms with Gasteiger partial charge in [-0.25, -0.2) is 4.79 Å². The zero-order chi connectivity index (χ0) is 19.8. The average molecular weight is 375 g/mol. The van der Waals surface area contributed by atoms with Crippen molar-refractivity contribution in [1.82, 2.24) is 14.5 Å². The highest BCUT2D eigenvalue weighted by atomic mass is 16.4. The fraction of sp³-hybridized carbons (Fsp3) is 0.421. The summed E-state index contributed by atoms with van der Waals surface area (Å²) in [5, 5.41) is 21.4. The van der Waals surface area contributed by atoms with Gasteiger partial charge in [0.15, 0.2) is 0 Å². The zero-order valence-corrected chi connectivity index (χ0v) is 15.2. The molecule has 0 spiro atoms. The van der Waals surface area contributed by atoms with E-state index < -0.39 is 23.9 Å². The number of hydrogen-bond donors (Lipinski definition) is 3. The first kappa shape index (κ1) is 20.4. The smallest absolute Gasteiger partial charge is 0.328 e. The van der Waals surface area contributed by atoms with Crippen LogP contribution in [0, 0.1) is 5.92 Å². The molecule has 0 bridgehead atoms. The number of carboxylic acids is 2. The lowest BCUT2D eigenvalue weighted by atomic mass is 10.0. The first-order chi connectivity index (χ1) is 12.9. The summed E-state index contributed by atoms with van der Waals surface area (Å²) in [7, 11) is 0. The molecule has 2 aromatic rings. The minimum Gasteiger partial charge on any atom is -0.481 e. The Balaban J connectivity index is 2.05. The number of imidazole rings is 1. The van der Waals surface area contributed by atoms with Crippen LogP contribution < -0.4 is 11.0 Å². The first-order valence-electron chi connectivity index (χ1n) is 8.90. The van der Waals surface area contributed by atoms with Crippen molar-refractivity contribution in [2.45, 2.75) is 38.9 Å². The molecule has 1 heterocycles. The summed E-state index contributed by atoms with van der Waals surface area (Å²) in [5.74, 6) is -2.74. The summed E-state index contributed by atoms with van der Waals surface area (Å²) in [6, 6.07) is 8.43. The third kappa shape index (κ3) is 5.82. The van der Waals surface area contributed by atoms with Crippen molar-refractivity contribution in [2.24, 2.45) is 5.92 Å². The fourth-order valence-electron chi connectivity index (χ4n) is 2.87. The number of nitrogens with one attached hydrogen (secondary N) is 1. The molecule has 0 saturated heterocycles. The average Bonchev–Trinajstić information content (AvgIpc) is 2.97. The number of aromatic nitrogens is 2. The maximum absolute atomic E-state index is 12.5. The van der Waals surface area contributed by atoms with E-state index in [2.05, 4.69) is 5.32 Å². The van der Waals surface area contributed by atoms with E-state index >= 15 is 0 Å². The molecule has 0 aliphatic heterocycles. The Bertz CT molecular complexity index is 812. The zero-order valence-electron chi connectivity index (χ0n) is 15.2. The topological polar surface area (TPSA) is 114 Å². The normalized spacial score (nSPS) is 13.2. The fourth-order valence-corrected chi connectivity index (χ4v) is 2.87. The number of carboxylic acid groups (broad SMARTS) is 2. The van der Waals surface area contributed by atoms with Crippen LogP contribution in [0.1, 0.15) is 25.3 Å². The molecule has 8 nitrogen and oxygen atoms in total. The first-order valence-corrected chi connectivity index (χ1v) is 8.90. The van der Waals surface area contributed by atoms with Gasteiger partial charge in [0.1, 0.15) is 6.04 Å². The van der Waals surface area contributed by atoms with Gasteiger partial charge in [0, 0.05) is 18.9 Å². The molecule has 0 fully saturated rings. The molecule has 27 heavy (non-hydrogen) atoms. The Morgan fingerprint density at radius 3 is 2.33 bits per heavy atom. The van der Waals surface area contributed by atoms with Crippen LogP contribution in [0.4, 0.5) is 0 Å². The molecule has 0 aliphatic rings. The van der Waals surface area contributed by atoms with E-state index in [0.717, 1.165) is 5.56 Å². The lowest BCUT2D eigenvalue weighted by molar-refractivity contribution is -0.143. The maximum Gasteiger partial charge on any atom is 0.328 e. The molecule has 3 N–H and O–H groups in total. The minimum atomic E-state index is -1.13. The molecular weight excluding hydrogens is 350 g/mol. The van der Waals surface area contributed by atoms with Crippen LogP contribution in [-0.4, -0.2) is 43.9 Å². The summed E-state index contributed by atoms with van der Waals surface area (Å²) >= 11 is 0. The van der Waals surface area contributed by atoms with E-state index in [1.54, 1.807) is 12.4 Å². The van der Waals surface area contributed by atoms with E-state index in [0.29, 0.717) is 19.4 Å². The minimum absolute atomic E-state index is 0.0413. The van der Waals surface area contributed by atoms with Gasteiger partial charge >= 0.3 is 17.6 Å². The highest BCUT2D eigenvalue weighted by molar-refractivity contribution is 5.74. The molecule has 1 aromatic carbocycles. The lowest BCUT2D eigenvalue weighted by Gasteiger charge is -2.18. The molecular formula is C19H25N3O5. The molecule has 2 rings (SSSR count). The van der Waals surface area contributed by atoms with E-state index in [4.69, 9.17) is 0 Å². The van der Waals surface area contributed by atoms with E-state index in [1.165, 1.54) is 9.13 Å². The standard InChI is InChI=1S/C19H25N3O5/c1-2-6-15(17(23)24)11-20-16(18(25)26)13-22-10-9-21(19(22)27)12-14-7-4-3-5-8-14/h3-5,7-10,15-16,20H,2,6,11-13H2,1H3,(H,23,24)(H,25,26). The summed E-state index contributed by atoms with van der Waals surface area (Å²) in [6.07, 6.45) is 4.31. The Morgan fingerprint density at radius 2 is 1.74 bits per heavy atom. The van der Waals surface area contributed by atoms with Gasteiger partial charge in [-0.3, -0.25) is 18.7 Å². The van der Waals surface area contributed by atoms with Gasteiger partial charge in [0.05, 0.1) is 19.0 Å². The summed E-state index contributed by atoms with van der Waals surface area (Å²) in [4.78, 5) is 35.2. The number of hydrogen-bond acceptors (Lipinski definition) is 4. The monoisotopic (exact) mass is 375 g/mol. The van der Waals surface area contributed by atoms with E-state index in [-0.39, 0.29) is 18.8 Å². The van der Waals surface area contributed by atoms with Crippen LogP contribution in [0.3, 0.4) is 0 Å². The Kier molecular flexibility index (Phi) is 7.36. The predicted molar refractivity (Wildman–Crippen MR) is 99.7 cm³/mol. The third-order valence-corrected chi connectivity index (χ3v) is 4.39. The molecule has 0 aliphatic carbocycles. The van der Waals surface area contributed by atoms with Gasteiger partial charge in [0.2, 0.25) is 0 Å². The van der Waals surface area contributed by atoms with Gasteiger partial charge in [0.25, 0.3) is 0 Å². The van der Waals surface area contributed by atoms with Gasteiger partial charge in [-0.15, -0.1) is 0 Å². The van der Waals surface area contributed by atoms with Crippen LogP contribution >= 0.6 is 0 Å². The number of nitrogens with zero attached hydrogens (tertiary/aromatic N) is 2. The summed E-state index contributed by atoms with van der Waals surface area (Å²) < 4.78 is 2.83. The number of rotatable bonds is 11. The Hall–Kier alpha value is -2.87. The molecule has 1 aromatic heterocycles.